The molecule has 2 aromatic heterocycles. The van der Waals surface area contributed by atoms with Gasteiger partial charge in [0, 0.05) is 24.7 Å². The number of amides is 1. The van der Waals surface area contributed by atoms with Crippen LogP contribution >= 0.6 is 11.3 Å². The summed E-state index contributed by atoms with van der Waals surface area (Å²) < 4.78 is 73.7. The third-order valence-corrected chi connectivity index (χ3v) is 8.21. The molecule has 5 rings (SSSR count). The molecule has 14 heteroatoms. The summed E-state index contributed by atoms with van der Waals surface area (Å²) in [6, 6.07) is 9.79. The van der Waals surface area contributed by atoms with Gasteiger partial charge < -0.3 is 9.64 Å². The van der Waals surface area contributed by atoms with Crippen molar-refractivity contribution >= 4 is 43.3 Å². The van der Waals surface area contributed by atoms with Gasteiger partial charge in [0.25, 0.3) is 15.9 Å². The second kappa shape index (κ2) is 9.83. The molecule has 1 aliphatic rings. The largest absolute Gasteiger partial charge is 0.483 e. The monoisotopic (exact) mass is 563 g/mol. The summed E-state index contributed by atoms with van der Waals surface area (Å²) in [5, 5.41) is 8.49. The number of pyridine rings is 1. The number of carbonyl (C=O) groups excluding carboxylic acids is 1. The number of carbonyl (C=O) groups is 1. The van der Waals surface area contributed by atoms with Crippen LogP contribution in [-0.2, 0) is 34.0 Å². The van der Waals surface area contributed by atoms with E-state index in [4.69, 9.17) is 4.74 Å². The fourth-order valence-electron chi connectivity index (χ4n) is 4.16. The summed E-state index contributed by atoms with van der Waals surface area (Å²) in [6.07, 6.45) is -2.87. The molecule has 0 unspecified atom stereocenters. The summed E-state index contributed by atoms with van der Waals surface area (Å²) in [4.78, 5) is 18.3. The second-order valence-electron chi connectivity index (χ2n) is 8.52. The van der Waals surface area contributed by atoms with E-state index < -0.39 is 28.4 Å². The number of halogens is 3. The molecule has 0 bridgehead atoms. The SMILES string of the molecule is Cc1nnc(NS(=O)(=O)c2ccc3c(c2)CN(C(=O)COc2ccnc4c(C(F)(F)F)cccc24)CC3)s1. The number of benzene rings is 2. The molecule has 3 heterocycles. The molecular weight excluding hydrogens is 543 g/mol. The van der Waals surface area contributed by atoms with Crippen molar-refractivity contribution in [2.75, 3.05) is 17.9 Å². The van der Waals surface area contributed by atoms with Crippen molar-refractivity contribution in [2.45, 2.75) is 31.0 Å². The van der Waals surface area contributed by atoms with Gasteiger partial charge in [-0.05, 0) is 54.8 Å². The molecule has 0 aliphatic carbocycles. The zero-order valence-electron chi connectivity index (χ0n) is 19.8. The number of para-hydroxylation sites is 1. The maximum atomic E-state index is 13.4. The fraction of sp³-hybridized carbons (Fsp3) is 0.250. The van der Waals surface area contributed by atoms with Crippen molar-refractivity contribution in [2.24, 2.45) is 0 Å². The minimum Gasteiger partial charge on any atom is -0.483 e. The van der Waals surface area contributed by atoms with Crippen LogP contribution in [0.15, 0.2) is 53.6 Å². The van der Waals surface area contributed by atoms with Crippen LogP contribution in [0.25, 0.3) is 10.9 Å². The van der Waals surface area contributed by atoms with Gasteiger partial charge in [-0.3, -0.25) is 14.5 Å². The standard InChI is InChI=1S/C24H20F3N5O4S2/c1-14-29-30-23(37-14)31-38(34,35)17-6-5-15-8-10-32(12-16(15)11-17)21(33)13-36-20-7-9-28-22-18(20)3-2-4-19(22)24(25,26)27/h2-7,9,11H,8,10,12-13H2,1H3,(H,30,31). The minimum absolute atomic E-state index is 0.0263. The number of rotatable bonds is 6. The lowest BCUT2D eigenvalue weighted by molar-refractivity contribution is -0.136. The molecule has 38 heavy (non-hydrogen) atoms. The number of hydrogen-bond donors (Lipinski definition) is 1. The molecule has 0 saturated carbocycles. The smallest absolute Gasteiger partial charge is 0.418 e. The molecule has 0 atom stereocenters. The highest BCUT2D eigenvalue weighted by molar-refractivity contribution is 7.93. The van der Waals surface area contributed by atoms with Gasteiger partial charge in [-0.15, -0.1) is 10.2 Å². The maximum Gasteiger partial charge on any atom is 0.418 e. The quantitative estimate of drug-likeness (QED) is 0.374. The van der Waals surface area contributed by atoms with Crippen molar-refractivity contribution in [3.63, 3.8) is 0 Å². The average molecular weight is 564 g/mol. The first-order valence-corrected chi connectivity index (χ1v) is 13.6. The number of sulfonamides is 1. The number of hydrogen-bond acceptors (Lipinski definition) is 8. The normalized spacial score (nSPS) is 13.8. The number of anilines is 1. The molecule has 0 saturated heterocycles. The van der Waals surface area contributed by atoms with Gasteiger partial charge in [0.1, 0.15) is 10.8 Å². The van der Waals surface area contributed by atoms with Crippen molar-refractivity contribution < 1.29 is 31.1 Å². The third-order valence-electron chi connectivity index (χ3n) is 5.99. The number of nitrogens with one attached hydrogen (secondary N) is 1. The molecule has 2 aromatic carbocycles. The molecule has 0 spiro atoms. The highest BCUT2D eigenvalue weighted by Crippen LogP contribution is 2.36. The van der Waals surface area contributed by atoms with Gasteiger partial charge in [-0.1, -0.05) is 23.5 Å². The summed E-state index contributed by atoms with van der Waals surface area (Å²) >= 11 is 1.11. The Morgan fingerprint density at radius 1 is 1.16 bits per heavy atom. The molecule has 1 aliphatic heterocycles. The van der Waals surface area contributed by atoms with Crippen molar-refractivity contribution in [1.29, 1.82) is 0 Å². The van der Waals surface area contributed by atoms with E-state index in [0.29, 0.717) is 23.5 Å². The predicted molar refractivity (Wildman–Crippen MR) is 133 cm³/mol. The first-order valence-electron chi connectivity index (χ1n) is 11.3. The Balaban J connectivity index is 1.30. The van der Waals surface area contributed by atoms with Crippen LogP contribution in [0.4, 0.5) is 18.3 Å². The molecular formula is C24H20F3N5O4S2. The van der Waals surface area contributed by atoms with Crippen LogP contribution in [-0.4, -0.2) is 47.6 Å². The third kappa shape index (κ3) is 5.27. The molecule has 1 amide bonds. The van der Waals surface area contributed by atoms with Crippen LogP contribution in [0.2, 0.25) is 0 Å². The number of aryl methyl sites for hydroxylation is 1. The van der Waals surface area contributed by atoms with Crippen LogP contribution in [0, 0.1) is 6.92 Å². The number of alkyl halides is 3. The first kappa shape index (κ1) is 25.9. The Bertz CT molecular complexity index is 1640. The van der Waals surface area contributed by atoms with Gasteiger partial charge >= 0.3 is 6.18 Å². The molecule has 1 N–H and O–H groups in total. The van der Waals surface area contributed by atoms with E-state index in [-0.39, 0.29) is 39.1 Å². The van der Waals surface area contributed by atoms with Gasteiger partial charge in [-0.25, -0.2) is 8.42 Å². The van der Waals surface area contributed by atoms with Crippen LogP contribution < -0.4 is 9.46 Å². The van der Waals surface area contributed by atoms with E-state index in [2.05, 4.69) is 19.9 Å². The maximum absolute atomic E-state index is 13.4. The van der Waals surface area contributed by atoms with E-state index in [1.807, 2.05) is 0 Å². The predicted octanol–water partition coefficient (Wildman–Crippen LogP) is 4.18. The topological polar surface area (TPSA) is 114 Å². The lowest BCUT2D eigenvalue weighted by Gasteiger charge is -2.29. The Kier molecular flexibility index (Phi) is 6.69. The summed E-state index contributed by atoms with van der Waals surface area (Å²) in [6.45, 7) is 1.86. The second-order valence-corrected chi connectivity index (χ2v) is 11.4. The van der Waals surface area contributed by atoms with Gasteiger partial charge in [0.05, 0.1) is 16.0 Å². The van der Waals surface area contributed by atoms with Crippen molar-refractivity contribution in [1.82, 2.24) is 20.1 Å². The molecule has 9 nitrogen and oxygen atoms in total. The number of ether oxygens (including phenoxy) is 1. The zero-order chi connectivity index (χ0) is 27.1. The molecule has 198 valence electrons. The number of fused-ring (bicyclic) bond motifs is 2. The summed E-state index contributed by atoms with van der Waals surface area (Å²) in [5.74, 6) is -0.276. The number of nitrogens with zero attached hydrogens (tertiary/aromatic N) is 4. The lowest BCUT2D eigenvalue weighted by atomic mass is 10.00. The van der Waals surface area contributed by atoms with Gasteiger partial charge in [0.2, 0.25) is 5.13 Å². The van der Waals surface area contributed by atoms with E-state index >= 15 is 0 Å². The van der Waals surface area contributed by atoms with E-state index in [1.165, 1.54) is 41.4 Å². The van der Waals surface area contributed by atoms with Crippen LogP contribution in [0.3, 0.4) is 0 Å². The molecule has 4 aromatic rings. The Morgan fingerprint density at radius 2 is 1.97 bits per heavy atom. The van der Waals surface area contributed by atoms with Crippen LogP contribution in [0.5, 0.6) is 5.75 Å². The molecule has 0 fully saturated rings. The number of aromatic nitrogens is 3. The Hall–Kier alpha value is -3.78. The van der Waals surface area contributed by atoms with Gasteiger partial charge in [-0.2, -0.15) is 13.2 Å². The van der Waals surface area contributed by atoms with E-state index in [0.717, 1.165) is 23.0 Å². The summed E-state index contributed by atoms with van der Waals surface area (Å²) in [7, 11) is -3.91. The van der Waals surface area contributed by atoms with Gasteiger partial charge in [0.15, 0.2) is 6.61 Å². The highest BCUT2D eigenvalue weighted by atomic mass is 32.2. The first-order chi connectivity index (χ1) is 18.0. The Morgan fingerprint density at radius 3 is 2.71 bits per heavy atom. The zero-order valence-corrected chi connectivity index (χ0v) is 21.5. The molecule has 0 radical (unpaired) electrons. The average Bonchev–Trinajstić information content (AvgIpc) is 3.29. The minimum atomic E-state index is -4.58. The summed E-state index contributed by atoms with van der Waals surface area (Å²) in [5.41, 5.74) is 0.439. The highest BCUT2D eigenvalue weighted by Gasteiger charge is 2.33. The van der Waals surface area contributed by atoms with Crippen molar-refractivity contribution in [3.8, 4) is 5.75 Å². The van der Waals surface area contributed by atoms with Crippen molar-refractivity contribution in [3.05, 3.63) is 70.4 Å². The van der Waals surface area contributed by atoms with E-state index in [1.54, 1.807) is 13.0 Å². The lowest BCUT2D eigenvalue weighted by Crippen LogP contribution is -2.39. The fourth-order valence-corrected chi connectivity index (χ4v) is 6.03. The Labute approximate surface area is 219 Å². The van der Waals surface area contributed by atoms with E-state index in [9.17, 15) is 26.4 Å². The van der Waals surface area contributed by atoms with Crippen LogP contribution in [0.1, 0.15) is 21.7 Å².